The van der Waals surface area contributed by atoms with Gasteiger partial charge in [0.1, 0.15) is 5.01 Å². The van der Waals surface area contributed by atoms with Crippen LogP contribution in [0.2, 0.25) is 0 Å². The Morgan fingerprint density at radius 3 is 2.81 bits per heavy atom. The number of rotatable bonds is 5. The first-order valence-corrected chi connectivity index (χ1v) is 9.10. The molecule has 0 atom stereocenters. The molecule has 3 aromatic rings. The molecule has 1 aromatic heterocycles. The molecule has 2 aromatic carbocycles. The zero-order valence-corrected chi connectivity index (χ0v) is 13.6. The molecule has 106 valence electrons. The minimum atomic E-state index is 0.927. The maximum absolute atomic E-state index is 4.75. The van der Waals surface area contributed by atoms with E-state index in [9.17, 15) is 0 Å². The van der Waals surface area contributed by atoms with Crippen LogP contribution in [-0.2, 0) is 12.2 Å². The average Bonchev–Trinajstić information content (AvgIpc) is 2.93. The van der Waals surface area contributed by atoms with Crippen LogP contribution in [0.5, 0.6) is 0 Å². The molecule has 3 heteroatoms. The Hall–Kier alpha value is -1.58. The summed E-state index contributed by atoms with van der Waals surface area (Å²) in [5, 5.41) is 1.10. The van der Waals surface area contributed by atoms with Gasteiger partial charge in [-0.15, -0.1) is 17.9 Å². The van der Waals surface area contributed by atoms with Crippen LogP contribution in [0.25, 0.3) is 20.8 Å². The van der Waals surface area contributed by atoms with Crippen molar-refractivity contribution in [2.75, 3.05) is 6.26 Å². The van der Waals surface area contributed by atoms with Crippen LogP contribution < -0.4 is 0 Å². The lowest BCUT2D eigenvalue weighted by Crippen LogP contribution is -1.92. The van der Waals surface area contributed by atoms with E-state index in [1.807, 2.05) is 23.9 Å². The Morgan fingerprint density at radius 2 is 2.05 bits per heavy atom. The third kappa shape index (κ3) is 3.04. The van der Waals surface area contributed by atoms with E-state index in [0.29, 0.717) is 0 Å². The lowest BCUT2D eigenvalue weighted by atomic mass is 10.0. The predicted molar refractivity (Wildman–Crippen MR) is 96.2 cm³/mol. The second kappa shape index (κ2) is 6.46. The maximum atomic E-state index is 4.75. The molecule has 0 fully saturated rings. The average molecular weight is 311 g/mol. The van der Waals surface area contributed by atoms with Gasteiger partial charge in [-0.1, -0.05) is 30.3 Å². The number of para-hydroxylation sites is 1. The van der Waals surface area contributed by atoms with Crippen molar-refractivity contribution in [2.45, 2.75) is 12.2 Å². The van der Waals surface area contributed by atoms with Crippen molar-refractivity contribution in [3.63, 3.8) is 0 Å². The van der Waals surface area contributed by atoms with E-state index in [-0.39, 0.29) is 0 Å². The van der Waals surface area contributed by atoms with E-state index >= 15 is 0 Å². The summed E-state index contributed by atoms with van der Waals surface area (Å²) < 4.78 is 1.24. The van der Waals surface area contributed by atoms with Crippen LogP contribution in [0.1, 0.15) is 11.1 Å². The first-order chi connectivity index (χ1) is 10.3. The van der Waals surface area contributed by atoms with Gasteiger partial charge in [-0.05, 0) is 42.0 Å². The molecule has 0 spiro atoms. The van der Waals surface area contributed by atoms with Crippen molar-refractivity contribution in [1.29, 1.82) is 0 Å². The molecule has 1 heterocycles. The van der Waals surface area contributed by atoms with E-state index < -0.39 is 0 Å². The Labute approximate surface area is 133 Å². The molecule has 0 radical (unpaired) electrons. The molecule has 0 aliphatic carbocycles. The highest BCUT2D eigenvalue weighted by molar-refractivity contribution is 7.97. The zero-order valence-electron chi connectivity index (χ0n) is 12.0. The predicted octanol–water partition coefficient (Wildman–Crippen LogP) is 5.55. The Morgan fingerprint density at radius 1 is 1.19 bits per heavy atom. The third-order valence-electron chi connectivity index (χ3n) is 3.41. The van der Waals surface area contributed by atoms with Crippen molar-refractivity contribution >= 4 is 33.3 Å². The zero-order chi connectivity index (χ0) is 14.7. The van der Waals surface area contributed by atoms with E-state index in [2.05, 4.69) is 49.2 Å². The van der Waals surface area contributed by atoms with Crippen LogP contribution in [0.3, 0.4) is 0 Å². The summed E-state index contributed by atoms with van der Waals surface area (Å²) >= 11 is 3.61. The largest absolute Gasteiger partial charge is 0.236 e. The van der Waals surface area contributed by atoms with Crippen molar-refractivity contribution in [1.82, 2.24) is 4.98 Å². The van der Waals surface area contributed by atoms with Gasteiger partial charge >= 0.3 is 0 Å². The number of hydrogen-bond donors (Lipinski definition) is 0. The molecule has 0 amide bonds. The van der Waals surface area contributed by atoms with Crippen LogP contribution in [-0.4, -0.2) is 11.2 Å². The summed E-state index contributed by atoms with van der Waals surface area (Å²) in [5.41, 5.74) is 5.05. The van der Waals surface area contributed by atoms with E-state index in [1.54, 1.807) is 11.3 Å². The lowest BCUT2D eigenvalue weighted by molar-refractivity contribution is 1.20. The maximum Gasteiger partial charge on any atom is 0.124 e. The molecular weight excluding hydrogens is 294 g/mol. The molecule has 0 unspecified atom stereocenters. The monoisotopic (exact) mass is 311 g/mol. The summed E-state index contributed by atoms with van der Waals surface area (Å²) in [6, 6.07) is 15.0. The fourth-order valence-corrected chi connectivity index (χ4v) is 3.94. The highest BCUT2D eigenvalue weighted by atomic mass is 32.2. The Bertz CT molecular complexity index is 741. The second-order valence-corrected chi connectivity index (χ2v) is 6.79. The minimum absolute atomic E-state index is 0.927. The SMILES string of the molecule is C=CCc1ccc(-c2nc3ccccc3s2)cc1CSC. The molecule has 1 nitrogen and oxygen atoms in total. The normalized spacial score (nSPS) is 10.9. The Balaban J connectivity index is 2.04. The van der Waals surface area contributed by atoms with Gasteiger partial charge in [0.05, 0.1) is 10.2 Å². The molecule has 3 rings (SSSR count). The molecule has 0 aliphatic rings. The van der Waals surface area contributed by atoms with E-state index in [0.717, 1.165) is 22.7 Å². The summed E-state index contributed by atoms with van der Waals surface area (Å²) in [7, 11) is 0. The fourth-order valence-electron chi connectivity index (χ4n) is 2.40. The highest BCUT2D eigenvalue weighted by Crippen LogP contribution is 2.31. The standard InChI is InChI=1S/C18H17NS2/c1-3-6-13-9-10-14(11-15(13)12-20-2)18-19-16-7-4-5-8-17(16)21-18/h3-5,7-11H,1,6,12H2,2H3. The van der Waals surface area contributed by atoms with Gasteiger partial charge in [-0.3, -0.25) is 0 Å². The van der Waals surface area contributed by atoms with Gasteiger partial charge in [0.25, 0.3) is 0 Å². The third-order valence-corrected chi connectivity index (χ3v) is 5.10. The van der Waals surface area contributed by atoms with E-state index in [4.69, 9.17) is 4.98 Å². The summed E-state index contributed by atoms with van der Waals surface area (Å²) in [6.07, 6.45) is 5.04. The molecule has 0 N–H and O–H groups in total. The lowest BCUT2D eigenvalue weighted by Gasteiger charge is -2.08. The number of thiazole rings is 1. The van der Waals surface area contributed by atoms with Gasteiger partial charge in [-0.25, -0.2) is 4.98 Å². The summed E-state index contributed by atoms with van der Waals surface area (Å²) in [6.45, 7) is 3.85. The first-order valence-electron chi connectivity index (χ1n) is 6.89. The van der Waals surface area contributed by atoms with Gasteiger partial charge in [0.15, 0.2) is 0 Å². The number of allylic oxidation sites excluding steroid dienone is 1. The minimum Gasteiger partial charge on any atom is -0.236 e. The fraction of sp³-hybridized carbons (Fsp3) is 0.167. The number of fused-ring (bicyclic) bond motifs is 1. The van der Waals surface area contributed by atoms with Gasteiger partial charge in [-0.2, -0.15) is 11.8 Å². The number of nitrogens with zero attached hydrogens (tertiary/aromatic N) is 1. The summed E-state index contributed by atoms with van der Waals surface area (Å²) in [5.74, 6) is 1.03. The first kappa shape index (κ1) is 14.4. The van der Waals surface area contributed by atoms with Gasteiger partial charge in [0, 0.05) is 11.3 Å². The second-order valence-electron chi connectivity index (χ2n) is 4.90. The Kier molecular flexibility index (Phi) is 4.42. The number of hydrogen-bond acceptors (Lipinski definition) is 3. The molecular formula is C18H17NS2. The van der Waals surface area contributed by atoms with Crippen molar-refractivity contribution < 1.29 is 0 Å². The molecule has 0 saturated heterocycles. The van der Waals surface area contributed by atoms with Crippen molar-refractivity contribution in [2.24, 2.45) is 0 Å². The highest BCUT2D eigenvalue weighted by Gasteiger charge is 2.09. The van der Waals surface area contributed by atoms with Crippen LogP contribution in [0, 0.1) is 0 Å². The molecule has 0 saturated carbocycles. The number of benzene rings is 2. The topological polar surface area (TPSA) is 12.9 Å². The van der Waals surface area contributed by atoms with Crippen molar-refractivity contribution in [3.8, 4) is 10.6 Å². The number of aromatic nitrogens is 1. The van der Waals surface area contributed by atoms with Gasteiger partial charge < -0.3 is 0 Å². The summed E-state index contributed by atoms with van der Waals surface area (Å²) in [4.78, 5) is 4.75. The van der Waals surface area contributed by atoms with Crippen LogP contribution in [0.15, 0.2) is 55.1 Å². The van der Waals surface area contributed by atoms with Crippen molar-refractivity contribution in [3.05, 3.63) is 66.2 Å². The molecule has 21 heavy (non-hydrogen) atoms. The van der Waals surface area contributed by atoms with Crippen LogP contribution in [0.4, 0.5) is 0 Å². The molecule has 0 bridgehead atoms. The smallest absolute Gasteiger partial charge is 0.124 e. The van der Waals surface area contributed by atoms with Gasteiger partial charge in [0.2, 0.25) is 0 Å². The molecule has 0 aliphatic heterocycles. The number of thioether (sulfide) groups is 1. The van der Waals surface area contributed by atoms with E-state index in [1.165, 1.54) is 21.4 Å². The van der Waals surface area contributed by atoms with Crippen LogP contribution >= 0.6 is 23.1 Å². The quantitative estimate of drug-likeness (QED) is 0.573.